The zero-order chi connectivity index (χ0) is 26.5. The molecule has 4 aromatic rings. The molecule has 196 valence electrons. The number of amides is 1. The fraction of sp³-hybridized carbons (Fsp3) is 0.276. The van der Waals surface area contributed by atoms with Crippen LogP contribution in [0.1, 0.15) is 29.5 Å². The van der Waals surface area contributed by atoms with Gasteiger partial charge in [0.1, 0.15) is 18.1 Å². The first-order valence-electron chi connectivity index (χ1n) is 12.5. The molecule has 1 aromatic heterocycles. The summed E-state index contributed by atoms with van der Waals surface area (Å²) in [6, 6.07) is 21.2. The van der Waals surface area contributed by atoms with E-state index in [-0.39, 0.29) is 70.4 Å². The van der Waals surface area contributed by atoms with E-state index in [1.807, 2.05) is 42.2 Å². The number of aryl methyl sites for hydroxylation is 1. The topological polar surface area (TPSA) is 105 Å². The van der Waals surface area contributed by atoms with E-state index < -0.39 is 11.4 Å². The van der Waals surface area contributed by atoms with Crippen LogP contribution in [0.4, 0.5) is 0 Å². The Morgan fingerprint density at radius 2 is 1.67 bits per heavy atom. The Hall–Kier alpha value is -2.89. The normalized spacial score (nSPS) is 12.7. The van der Waals surface area contributed by atoms with Gasteiger partial charge < -0.3 is 23.9 Å². The minimum atomic E-state index is -0.902. The summed E-state index contributed by atoms with van der Waals surface area (Å²) in [5, 5.41) is 0. The summed E-state index contributed by atoms with van der Waals surface area (Å²) in [6.07, 6.45) is 2.13. The number of benzene rings is 3. The number of hydrogen-bond acceptors (Lipinski definition) is 6. The predicted molar refractivity (Wildman–Crippen MR) is 140 cm³/mol. The van der Waals surface area contributed by atoms with E-state index in [1.165, 1.54) is 0 Å². The molecule has 1 amide bonds. The Morgan fingerprint density at radius 1 is 0.923 bits per heavy atom. The van der Waals surface area contributed by atoms with Crippen molar-refractivity contribution in [2.75, 3.05) is 19.7 Å². The minimum absolute atomic E-state index is 0. The third kappa shape index (κ3) is 7.61. The van der Waals surface area contributed by atoms with Crippen molar-refractivity contribution in [3.63, 3.8) is 0 Å². The average Bonchev–Trinajstić information content (AvgIpc) is 3.57. The van der Waals surface area contributed by atoms with E-state index in [9.17, 15) is 14.4 Å². The third-order valence-electron chi connectivity index (χ3n) is 6.50. The van der Waals surface area contributed by atoms with E-state index in [2.05, 4.69) is 17.1 Å². The van der Waals surface area contributed by atoms with Crippen LogP contribution in [0.2, 0.25) is 0 Å². The average molecular weight is 554 g/mol. The molecule has 10 heteroatoms. The molecule has 0 spiro atoms. The van der Waals surface area contributed by atoms with Crippen LogP contribution in [0.3, 0.4) is 0 Å². The van der Waals surface area contributed by atoms with Gasteiger partial charge >= 0.3 is 57.1 Å². The number of likely N-dealkylation sites (tertiary alicyclic amines) is 1. The Balaban J connectivity index is 0.00000353. The van der Waals surface area contributed by atoms with Crippen molar-refractivity contribution in [3.8, 4) is 22.6 Å². The quantitative estimate of drug-likeness (QED) is 0.276. The summed E-state index contributed by atoms with van der Waals surface area (Å²) < 4.78 is 17.4. The molecule has 1 aliphatic rings. The molecular formula is C29H28KN3O6. The van der Waals surface area contributed by atoms with Gasteiger partial charge in [-0.1, -0.05) is 36.4 Å². The van der Waals surface area contributed by atoms with Gasteiger partial charge in [0.15, 0.2) is 12.3 Å². The molecule has 0 bridgehead atoms. The van der Waals surface area contributed by atoms with Crippen LogP contribution in [-0.2, 0) is 17.9 Å². The van der Waals surface area contributed by atoms with Crippen LogP contribution < -0.4 is 77.3 Å². The van der Waals surface area contributed by atoms with Crippen molar-refractivity contribution >= 4 is 5.91 Å². The Kier molecular flexibility index (Phi) is 10.0. The van der Waals surface area contributed by atoms with Crippen LogP contribution in [-0.4, -0.2) is 35.2 Å². The van der Waals surface area contributed by atoms with Crippen molar-refractivity contribution in [2.45, 2.75) is 32.9 Å². The molecule has 1 saturated heterocycles. The fourth-order valence-corrected chi connectivity index (χ4v) is 4.49. The smallest absolute Gasteiger partial charge is 0.489 e. The van der Waals surface area contributed by atoms with E-state index in [1.54, 1.807) is 24.3 Å². The van der Waals surface area contributed by atoms with Gasteiger partial charge in [0, 0.05) is 19.6 Å². The van der Waals surface area contributed by atoms with Gasteiger partial charge in [-0.05, 0) is 77.9 Å². The van der Waals surface area contributed by atoms with E-state index >= 15 is 0 Å². The zero-order valence-electron chi connectivity index (χ0n) is 22.1. The maximum Gasteiger partial charge on any atom is 1.00 e. The second kappa shape index (κ2) is 13.4. The Morgan fingerprint density at radius 3 is 2.36 bits per heavy atom. The molecule has 5 rings (SSSR count). The van der Waals surface area contributed by atoms with Crippen LogP contribution in [0.15, 0.2) is 80.8 Å². The van der Waals surface area contributed by atoms with Crippen LogP contribution in [0.5, 0.6) is 11.5 Å². The van der Waals surface area contributed by atoms with Crippen molar-refractivity contribution in [1.82, 2.24) is 14.6 Å². The molecular weight excluding hydrogens is 525 g/mol. The van der Waals surface area contributed by atoms with Gasteiger partial charge in [-0.2, -0.15) is 0 Å². The molecule has 2 heterocycles. The third-order valence-corrected chi connectivity index (χ3v) is 6.50. The Bertz CT molecular complexity index is 1530. The molecule has 39 heavy (non-hydrogen) atoms. The molecule has 9 nitrogen and oxygen atoms in total. The van der Waals surface area contributed by atoms with Gasteiger partial charge in [0.05, 0.1) is 0 Å². The maximum absolute atomic E-state index is 12.3. The number of ether oxygens (including phenoxy) is 2. The SMILES string of the molecule is Cc1cc(OCC(=O)N2CCCC2)ccc1-c1cccc(COc2ccc(Cn3oc(=O)[n-]c3=O)cc2)c1.[K+]. The second-order valence-electron chi connectivity index (χ2n) is 9.27. The number of carbonyl (C=O) groups is 1. The zero-order valence-corrected chi connectivity index (χ0v) is 25.2. The van der Waals surface area contributed by atoms with Gasteiger partial charge in [-0.15, -0.1) is 0 Å². The van der Waals surface area contributed by atoms with Gasteiger partial charge in [0.25, 0.3) is 5.91 Å². The summed E-state index contributed by atoms with van der Waals surface area (Å²) in [7, 11) is 0. The van der Waals surface area contributed by atoms with Crippen molar-refractivity contribution in [1.29, 1.82) is 0 Å². The van der Waals surface area contributed by atoms with Crippen molar-refractivity contribution in [2.24, 2.45) is 0 Å². The first-order chi connectivity index (χ1) is 18.4. The van der Waals surface area contributed by atoms with Crippen LogP contribution >= 0.6 is 0 Å². The molecule has 0 N–H and O–H groups in total. The molecule has 0 aliphatic carbocycles. The van der Waals surface area contributed by atoms with Crippen LogP contribution in [0, 0.1) is 6.92 Å². The summed E-state index contributed by atoms with van der Waals surface area (Å²) in [5.41, 5.74) is 4.28. The molecule has 0 atom stereocenters. The van der Waals surface area contributed by atoms with Gasteiger partial charge in [-0.25, -0.2) is 4.79 Å². The second-order valence-corrected chi connectivity index (χ2v) is 9.27. The number of aromatic nitrogens is 2. The molecule has 1 aliphatic heterocycles. The van der Waals surface area contributed by atoms with Gasteiger partial charge in [0.2, 0.25) is 0 Å². The number of hydrogen-bond donors (Lipinski definition) is 0. The van der Waals surface area contributed by atoms with Crippen LogP contribution in [0.25, 0.3) is 11.1 Å². The standard InChI is InChI=1S/C29H29N3O6.K/c1-20-15-25(37-19-27(33)31-13-2-3-14-31)11-12-26(20)23-6-4-5-22(16-23)18-36-24-9-7-21(8-10-24)17-32-28(34)30-29(35)38-32;/h4-12,15-16H,2-3,13-14,17-19H2,1H3,(H,30,34,35);/q;+1/p-1. The monoisotopic (exact) mass is 553 g/mol. The summed E-state index contributed by atoms with van der Waals surface area (Å²) >= 11 is 0. The Labute approximate surface area is 268 Å². The summed E-state index contributed by atoms with van der Waals surface area (Å²) in [4.78, 5) is 39.9. The molecule has 0 saturated carbocycles. The van der Waals surface area contributed by atoms with E-state index in [4.69, 9.17) is 14.0 Å². The van der Waals surface area contributed by atoms with Crippen molar-refractivity contribution in [3.05, 3.63) is 104 Å². The fourth-order valence-electron chi connectivity index (χ4n) is 4.49. The number of nitrogens with zero attached hydrogens (tertiary/aromatic N) is 3. The van der Waals surface area contributed by atoms with Gasteiger partial charge in [-0.3, -0.25) is 14.3 Å². The summed E-state index contributed by atoms with van der Waals surface area (Å²) in [6.45, 7) is 4.23. The first-order valence-corrected chi connectivity index (χ1v) is 12.5. The first kappa shape index (κ1) is 29.1. The van der Waals surface area contributed by atoms with E-state index in [0.29, 0.717) is 18.1 Å². The maximum atomic E-state index is 12.3. The molecule has 0 radical (unpaired) electrons. The van der Waals surface area contributed by atoms with E-state index in [0.717, 1.165) is 58.5 Å². The number of rotatable bonds is 9. The summed E-state index contributed by atoms with van der Waals surface area (Å²) in [5.74, 6) is 0.494. The van der Waals surface area contributed by atoms with Crippen molar-refractivity contribution < 1.29 is 70.2 Å². The molecule has 0 unspecified atom stereocenters. The molecule has 3 aromatic carbocycles. The minimum Gasteiger partial charge on any atom is -0.489 e. The molecule has 1 fully saturated rings. The predicted octanol–water partition coefficient (Wildman–Crippen LogP) is 0.367. The largest absolute Gasteiger partial charge is 1.00 e. The number of carbonyl (C=O) groups excluding carboxylic acids is 1.